The first kappa shape index (κ1) is 18.7. The molecule has 0 bridgehead atoms. The molecule has 0 fully saturated rings. The van der Waals surface area contributed by atoms with Crippen molar-refractivity contribution in [3.8, 4) is 0 Å². The van der Waals surface area contributed by atoms with E-state index in [0.29, 0.717) is 36.3 Å². The molecule has 2 aromatic heterocycles. The Morgan fingerprint density at radius 2 is 2.19 bits per heavy atom. The number of imidazole rings is 1. The van der Waals surface area contributed by atoms with Gasteiger partial charge in [-0.2, -0.15) is 4.99 Å². The molecule has 0 aliphatic rings. The number of nitrogens with zero attached hydrogens (tertiary/aromatic N) is 2. The molecule has 3 rings (SSSR count). The first-order chi connectivity index (χ1) is 13.0. The topological polar surface area (TPSA) is 156 Å². The summed E-state index contributed by atoms with van der Waals surface area (Å²) in [5, 5.41) is 7.83. The quantitative estimate of drug-likeness (QED) is 0.384. The highest BCUT2D eigenvalue weighted by molar-refractivity contribution is 8.26. The Bertz CT molecular complexity index is 1060. The zero-order chi connectivity index (χ0) is 19.4. The standard InChI is InChI=1S/C17H18N6O3S/c18-6-2-7-23-12-5-4-10(9-11(12)21-17(23)25)15(24)22-16(20)27-14(19)13-3-1-8-26-13/h1,3-5,8-9,19H,2,6-7,18H2,(H,21,25)(H2,20,22,24). The van der Waals surface area contributed by atoms with Crippen LogP contribution in [0.5, 0.6) is 0 Å². The maximum absolute atomic E-state index is 12.3. The number of fused-ring (bicyclic) bond motifs is 1. The van der Waals surface area contributed by atoms with E-state index >= 15 is 0 Å². The number of furan rings is 1. The molecule has 0 atom stereocenters. The number of aromatic nitrogens is 2. The van der Waals surface area contributed by atoms with E-state index in [-0.39, 0.29) is 21.5 Å². The van der Waals surface area contributed by atoms with Crippen molar-refractivity contribution in [1.29, 1.82) is 5.41 Å². The van der Waals surface area contributed by atoms with E-state index in [2.05, 4.69) is 9.98 Å². The van der Waals surface area contributed by atoms with Gasteiger partial charge < -0.3 is 20.9 Å². The van der Waals surface area contributed by atoms with Crippen molar-refractivity contribution in [2.45, 2.75) is 13.0 Å². The number of amides is 1. The number of aliphatic imine (C=N–C) groups is 1. The molecule has 0 unspecified atom stereocenters. The number of H-pyrrole nitrogens is 1. The first-order valence-corrected chi connectivity index (χ1v) is 8.92. The molecule has 10 heteroatoms. The van der Waals surface area contributed by atoms with Crippen molar-refractivity contribution in [2.75, 3.05) is 6.54 Å². The molecule has 0 aliphatic carbocycles. The number of hydrogen-bond donors (Lipinski definition) is 4. The second-order valence-electron chi connectivity index (χ2n) is 5.62. The number of aromatic amines is 1. The van der Waals surface area contributed by atoms with Gasteiger partial charge in [-0.05, 0) is 55.1 Å². The monoisotopic (exact) mass is 386 g/mol. The summed E-state index contributed by atoms with van der Waals surface area (Å²) < 4.78 is 6.67. The summed E-state index contributed by atoms with van der Waals surface area (Å²) in [6.45, 7) is 0.980. The molecule has 9 nitrogen and oxygen atoms in total. The van der Waals surface area contributed by atoms with Crippen LogP contribution in [0.15, 0.2) is 50.8 Å². The van der Waals surface area contributed by atoms with Crippen molar-refractivity contribution in [1.82, 2.24) is 9.55 Å². The number of aryl methyl sites for hydroxylation is 1. The van der Waals surface area contributed by atoms with Gasteiger partial charge in [-0.15, -0.1) is 0 Å². The fourth-order valence-corrected chi connectivity index (χ4v) is 3.07. The van der Waals surface area contributed by atoms with E-state index in [9.17, 15) is 9.59 Å². The number of benzene rings is 1. The molecule has 0 radical (unpaired) electrons. The van der Waals surface area contributed by atoms with Gasteiger partial charge in [0, 0.05) is 12.1 Å². The number of carbonyl (C=O) groups excluding carboxylic acids is 1. The summed E-state index contributed by atoms with van der Waals surface area (Å²) >= 11 is 0.822. The number of hydrogen-bond acceptors (Lipinski definition) is 6. The number of amidine groups is 1. The van der Waals surface area contributed by atoms with E-state index < -0.39 is 5.91 Å². The average molecular weight is 386 g/mol. The van der Waals surface area contributed by atoms with E-state index in [1.807, 2.05) is 0 Å². The minimum atomic E-state index is -0.565. The number of carbonyl (C=O) groups is 1. The fourth-order valence-electron chi connectivity index (χ4n) is 2.52. The van der Waals surface area contributed by atoms with Crippen LogP contribution in [0.2, 0.25) is 0 Å². The summed E-state index contributed by atoms with van der Waals surface area (Å²) in [5.74, 6) is -0.229. The van der Waals surface area contributed by atoms with Crippen molar-refractivity contribution in [3.63, 3.8) is 0 Å². The summed E-state index contributed by atoms with van der Waals surface area (Å²) in [6.07, 6.45) is 2.12. The third-order valence-electron chi connectivity index (χ3n) is 3.77. The van der Waals surface area contributed by atoms with Crippen molar-refractivity contribution >= 4 is 38.9 Å². The second kappa shape index (κ2) is 8.06. The SMILES string of the molecule is N=C(SC(N)=NC(=O)c1ccc2c(c1)[nH]c(=O)n2CCCN)c1ccco1. The van der Waals surface area contributed by atoms with Gasteiger partial charge in [-0.3, -0.25) is 14.8 Å². The third kappa shape index (κ3) is 4.18. The molecular weight excluding hydrogens is 368 g/mol. The van der Waals surface area contributed by atoms with Crippen LogP contribution < -0.4 is 17.2 Å². The zero-order valence-corrected chi connectivity index (χ0v) is 15.1. The number of thioether (sulfide) groups is 1. The van der Waals surface area contributed by atoms with Crippen LogP contribution >= 0.6 is 11.8 Å². The lowest BCUT2D eigenvalue weighted by Crippen LogP contribution is -2.18. The Morgan fingerprint density at radius 3 is 2.89 bits per heavy atom. The first-order valence-electron chi connectivity index (χ1n) is 8.11. The molecule has 0 spiro atoms. The highest BCUT2D eigenvalue weighted by Crippen LogP contribution is 2.16. The van der Waals surface area contributed by atoms with Crippen LogP contribution in [0.1, 0.15) is 22.5 Å². The van der Waals surface area contributed by atoms with Crippen LogP contribution in [0.3, 0.4) is 0 Å². The molecule has 27 heavy (non-hydrogen) atoms. The number of nitrogens with two attached hydrogens (primary N) is 2. The summed E-state index contributed by atoms with van der Waals surface area (Å²) in [4.78, 5) is 30.9. The van der Waals surface area contributed by atoms with Crippen LogP contribution in [0, 0.1) is 5.41 Å². The van der Waals surface area contributed by atoms with Crippen molar-refractivity contribution in [3.05, 3.63) is 58.4 Å². The van der Waals surface area contributed by atoms with Gasteiger partial charge in [-0.25, -0.2) is 4.79 Å². The maximum Gasteiger partial charge on any atom is 0.326 e. The Balaban J connectivity index is 1.79. The second-order valence-corrected chi connectivity index (χ2v) is 6.65. The minimum absolute atomic E-state index is 0.0470. The average Bonchev–Trinajstić information content (AvgIpc) is 3.27. The third-order valence-corrected chi connectivity index (χ3v) is 4.48. The van der Waals surface area contributed by atoms with Gasteiger partial charge in [0.2, 0.25) is 0 Å². The van der Waals surface area contributed by atoms with Crippen LogP contribution in [0.4, 0.5) is 0 Å². The summed E-state index contributed by atoms with van der Waals surface area (Å²) in [7, 11) is 0. The van der Waals surface area contributed by atoms with Crippen molar-refractivity contribution < 1.29 is 9.21 Å². The zero-order valence-electron chi connectivity index (χ0n) is 14.3. The predicted octanol–water partition coefficient (Wildman–Crippen LogP) is 1.49. The molecule has 6 N–H and O–H groups in total. The van der Waals surface area contributed by atoms with E-state index in [1.54, 1.807) is 34.9 Å². The highest BCUT2D eigenvalue weighted by Gasteiger charge is 2.13. The number of rotatable bonds is 5. The summed E-state index contributed by atoms with van der Waals surface area (Å²) in [6, 6.07) is 8.08. The molecular formula is C17H18N6O3S. The normalized spacial score (nSPS) is 11.8. The minimum Gasteiger partial charge on any atom is -0.462 e. The Labute approximate surface area is 157 Å². The van der Waals surface area contributed by atoms with Crippen LogP contribution in [-0.4, -0.2) is 32.2 Å². The number of nitrogens with one attached hydrogen (secondary N) is 2. The van der Waals surface area contributed by atoms with Crippen molar-refractivity contribution in [2.24, 2.45) is 16.5 Å². The van der Waals surface area contributed by atoms with Gasteiger partial charge >= 0.3 is 5.69 Å². The van der Waals surface area contributed by atoms with E-state index in [0.717, 1.165) is 11.8 Å². The molecule has 1 aromatic carbocycles. The highest BCUT2D eigenvalue weighted by atomic mass is 32.2. The molecule has 140 valence electrons. The van der Waals surface area contributed by atoms with Gasteiger partial charge in [0.1, 0.15) is 5.04 Å². The van der Waals surface area contributed by atoms with E-state index in [4.69, 9.17) is 21.3 Å². The molecule has 0 saturated carbocycles. The lowest BCUT2D eigenvalue weighted by molar-refractivity contribution is 0.100. The van der Waals surface area contributed by atoms with Gasteiger partial charge in [-0.1, -0.05) is 0 Å². The molecule has 0 saturated heterocycles. The van der Waals surface area contributed by atoms with Crippen LogP contribution in [-0.2, 0) is 6.54 Å². The van der Waals surface area contributed by atoms with Gasteiger partial charge in [0.15, 0.2) is 10.9 Å². The fraction of sp³-hybridized carbons (Fsp3) is 0.176. The lowest BCUT2D eigenvalue weighted by Gasteiger charge is -2.03. The Kier molecular flexibility index (Phi) is 5.57. The Hall–Kier alpha value is -3.11. The molecule has 1 amide bonds. The predicted molar refractivity (Wildman–Crippen MR) is 105 cm³/mol. The van der Waals surface area contributed by atoms with Crippen LogP contribution in [0.25, 0.3) is 11.0 Å². The molecule has 3 aromatic rings. The summed E-state index contributed by atoms with van der Waals surface area (Å²) in [5.41, 5.74) is 12.5. The Morgan fingerprint density at radius 1 is 1.37 bits per heavy atom. The van der Waals surface area contributed by atoms with Gasteiger partial charge in [0.25, 0.3) is 5.91 Å². The smallest absolute Gasteiger partial charge is 0.326 e. The van der Waals surface area contributed by atoms with E-state index in [1.165, 1.54) is 6.26 Å². The van der Waals surface area contributed by atoms with Gasteiger partial charge in [0.05, 0.1) is 17.3 Å². The maximum atomic E-state index is 12.3. The molecule has 0 aliphatic heterocycles. The lowest BCUT2D eigenvalue weighted by atomic mass is 10.2. The largest absolute Gasteiger partial charge is 0.462 e. The molecule has 2 heterocycles.